The van der Waals surface area contributed by atoms with E-state index < -0.39 is 0 Å². The Morgan fingerprint density at radius 2 is 2.00 bits per heavy atom. The smallest absolute Gasteiger partial charge is 0.123 e. The van der Waals surface area contributed by atoms with Crippen molar-refractivity contribution in [3.05, 3.63) is 29.8 Å². The van der Waals surface area contributed by atoms with Crippen molar-refractivity contribution in [2.75, 3.05) is 13.2 Å². The first-order valence-corrected chi connectivity index (χ1v) is 8.28. The first kappa shape index (κ1) is 14.9. The molecule has 1 heterocycles. The van der Waals surface area contributed by atoms with Crippen LogP contribution in [0, 0.1) is 11.8 Å². The van der Waals surface area contributed by atoms with Crippen LogP contribution < -0.4 is 10.5 Å². The van der Waals surface area contributed by atoms with Gasteiger partial charge >= 0.3 is 0 Å². The predicted molar refractivity (Wildman–Crippen MR) is 84.4 cm³/mol. The summed E-state index contributed by atoms with van der Waals surface area (Å²) in [5, 5.41) is 11.1. The van der Waals surface area contributed by atoms with Crippen LogP contribution in [0.25, 0.3) is 0 Å². The van der Waals surface area contributed by atoms with E-state index in [1.807, 2.05) is 18.2 Å². The third kappa shape index (κ3) is 2.58. The number of rotatable bonds is 3. The number of aliphatic hydroxyl groups excluding tert-OH is 1. The van der Waals surface area contributed by atoms with Crippen molar-refractivity contribution in [1.82, 2.24) is 0 Å². The molecule has 0 radical (unpaired) electrons. The maximum atomic E-state index is 11.1. The largest absolute Gasteiger partial charge is 0.493 e. The van der Waals surface area contributed by atoms with Crippen molar-refractivity contribution >= 4 is 0 Å². The molecule has 0 spiro atoms. The van der Waals surface area contributed by atoms with Gasteiger partial charge in [0.25, 0.3) is 0 Å². The molecule has 2 aliphatic rings. The number of fused-ring (bicyclic) bond motifs is 1. The van der Waals surface area contributed by atoms with Crippen molar-refractivity contribution < 1.29 is 9.84 Å². The Morgan fingerprint density at radius 3 is 2.71 bits per heavy atom. The second kappa shape index (κ2) is 5.98. The SMILES string of the molecule is CC1CCC(C(O)C2(CN)CCOc3ccccc32)CC1. The fraction of sp³-hybridized carbons (Fsp3) is 0.667. The monoisotopic (exact) mass is 289 g/mol. The molecule has 1 aromatic rings. The summed E-state index contributed by atoms with van der Waals surface area (Å²) >= 11 is 0. The molecule has 116 valence electrons. The highest BCUT2D eigenvalue weighted by molar-refractivity contribution is 5.43. The zero-order valence-corrected chi connectivity index (χ0v) is 12.9. The molecule has 1 fully saturated rings. The van der Waals surface area contributed by atoms with Crippen LogP contribution in [0.3, 0.4) is 0 Å². The average Bonchev–Trinajstić information content (AvgIpc) is 2.54. The maximum absolute atomic E-state index is 11.1. The van der Waals surface area contributed by atoms with Gasteiger partial charge < -0.3 is 15.6 Å². The van der Waals surface area contributed by atoms with Gasteiger partial charge in [0.1, 0.15) is 5.75 Å². The molecule has 21 heavy (non-hydrogen) atoms. The maximum Gasteiger partial charge on any atom is 0.123 e. The molecule has 2 unspecified atom stereocenters. The van der Waals surface area contributed by atoms with Crippen molar-refractivity contribution in [3.63, 3.8) is 0 Å². The van der Waals surface area contributed by atoms with E-state index in [0.29, 0.717) is 19.1 Å². The van der Waals surface area contributed by atoms with E-state index in [-0.39, 0.29) is 11.5 Å². The topological polar surface area (TPSA) is 55.5 Å². The van der Waals surface area contributed by atoms with Crippen molar-refractivity contribution in [1.29, 1.82) is 0 Å². The highest BCUT2D eigenvalue weighted by atomic mass is 16.5. The van der Waals surface area contributed by atoms with Crippen LogP contribution in [-0.4, -0.2) is 24.4 Å². The second-order valence-electron chi connectivity index (χ2n) is 6.92. The summed E-state index contributed by atoms with van der Waals surface area (Å²) in [5.41, 5.74) is 6.94. The minimum absolute atomic E-state index is 0.333. The molecule has 0 bridgehead atoms. The number of hydrogen-bond donors (Lipinski definition) is 2. The van der Waals surface area contributed by atoms with Crippen molar-refractivity contribution in [2.24, 2.45) is 17.6 Å². The van der Waals surface area contributed by atoms with Gasteiger partial charge in [-0.2, -0.15) is 0 Å². The van der Waals surface area contributed by atoms with E-state index >= 15 is 0 Å². The van der Waals surface area contributed by atoms with Gasteiger partial charge in [0, 0.05) is 17.5 Å². The van der Waals surface area contributed by atoms with E-state index in [2.05, 4.69) is 13.0 Å². The standard InChI is InChI=1S/C18H27NO2/c1-13-6-8-14(9-7-13)17(20)18(12-19)10-11-21-16-5-3-2-4-15(16)18/h2-5,13-14,17,20H,6-12,19H2,1H3. The van der Waals surface area contributed by atoms with Gasteiger partial charge in [0.05, 0.1) is 12.7 Å². The van der Waals surface area contributed by atoms with E-state index in [1.165, 1.54) is 12.8 Å². The van der Waals surface area contributed by atoms with Gasteiger partial charge in [-0.15, -0.1) is 0 Å². The van der Waals surface area contributed by atoms with Crippen LogP contribution in [0.15, 0.2) is 24.3 Å². The number of hydrogen-bond acceptors (Lipinski definition) is 3. The molecule has 1 saturated carbocycles. The number of ether oxygens (including phenoxy) is 1. The Kier molecular flexibility index (Phi) is 4.23. The number of para-hydroxylation sites is 1. The van der Waals surface area contributed by atoms with E-state index in [0.717, 1.165) is 36.5 Å². The zero-order chi connectivity index (χ0) is 14.9. The van der Waals surface area contributed by atoms with Gasteiger partial charge in [0.15, 0.2) is 0 Å². The van der Waals surface area contributed by atoms with Gasteiger partial charge in [0.2, 0.25) is 0 Å². The highest BCUT2D eigenvalue weighted by Crippen LogP contribution is 2.45. The molecule has 3 nitrogen and oxygen atoms in total. The Labute approximate surface area is 127 Å². The number of aliphatic hydroxyl groups is 1. The summed E-state index contributed by atoms with van der Waals surface area (Å²) in [6.45, 7) is 3.44. The number of benzene rings is 1. The van der Waals surface area contributed by atoms with Gasteiger partial charge in [-0.1, -0.05) is 38.0 Å². The molecular weight excluding hydrogens is 262 g/mol. The molecule has 3 rings (SSSR count). The summed E-state index contributed by atoms with van der Waals surface area (Å²) < 4.78 is 5.77. The second-order valence-corrected chi connectivity index (χ2v) is 6.92. The normalized spacial score (nSPS) is 33.9. The summed E-state index contributed by atoms with van der Waals surface area (Å²) in [4.78, 5) is 0. The molecule has 1 aliphatic carbocycles. The lowest BCUT2D eigenvalue weighted by atomic mass is 9.65. The third-order valence-electron chi connectivity index (χ3n) is 5.67. The van der Waals surface area contributed by atoms with Crippen LogP contribution in [-0.2, 0) is 5.41 Å². The summed E-state index contributed by atoms with van der Waals surface area (Å²) in [5.74, 6) is 2.07. The summed E-state index contributed by atoms with van der Waals surface area (Å²) in [7, 11) is 0. The van der Waals surface area contributed by atoms with Crippen LogP contribution in [0.2, 0.25) is 0 Å². The molecule has 2 atom stereocenters. The quantitative estimate of drug-likeness (QED) is 0.899. The Balaban J connectivity index is 1.90. The highest BCUT2D eigenvalue weighted by Gasteiger charge is 2.46. The predicted octanol–water partition coefficient (Wildman–Crippen LogP) is 2.85. The van der Waals surface area contributed by atoms with Crippen molar-refractivity contribution in [2.45, 2.75) is 50.5 Å². The van der Waals surface area contributed by atoms with Crippen molar-refractivity contribution in [3.8, 4) is 5.75 Å². The van der Waals surface area contributed by atoms with Crippen LogP contribution in [0.4, 0.5) is 0 Å². The fourth-order valence-electron chi connectivity index (χ4n) is 4.17. The van der Waals surface area contributed by atoms with Crippen LogP contribution in [0.1, 0.15) is 44.6 Å². The molecule has 1 aromatic carbocycles. The minimum atomic E-state index is -0.361. The van der Waals surface area contributed by atoms with E-state index in [9.17, 15) is 5.11 Å². The average molecular weight is 289 g/mol. The van der Waals surface area contributed by atoms with Crippen LogP contribution >= 0.6 is 0 Å². The zero-order valence-electron chi connectivity index (χ0n) is 12.9. The molecule has 1 aliphatic heterocycles. The lowest BCUT2D eigenvalue weighted by Crippen LogP contribution is -2.52. The molecule has 3 heteroatoms. The Hall–Kier alpha value is -1.06. The molecule has 0 saturated heterocycles. The summed E-state index contributed by atoms with van der Waals surface area (Å²) in [6, 6.07) is 8.08. The Morgan fingerprint density at radius 1 is 1.29 bits per heavy atom. The molecule has 0 amide bonds. The van der Waals surface area contributed by atoms with E-state index in [4.69, 9.17) is 10.5 Å². The molecule has 0 aromatic heterocycles. The molecule has 3 N–H and O–H groups in total. The minimum Gasteiger partial charge on any atom is -0.493 e. The third-order valence-corrected chi connectivity index (χ3v) is 5.67. The van der Waals surface area contributed by atoms with Gasteiger partial charge in [-0.05, 0) is 37.2 Å². The summed E-state index contributed by atoms with van der Waals surface area (Å²) in [6.07, 6.45) is 5.13. The van der Waals surface area contributed by atoms with E-state index in [1.54, 1.807) is 0 Å². The van der Waals surface area contributed by atoms with Gasteiger partial charge in [-0.3, -0.25) is 0 Å². The first-order valence-electron chi connectivity index (χ1n) is 8.28. The number of nitrogens with two attached hydrogens (primary N) is 1. The molecular formula is C18H27NO2. The Bertz CT molecular complexity index is 482. The van der Waals surface area contributed by atoms with Gasteiger partial charge in [-0.25, -0.2) is 0 Å². The lowest BCUT2D eigenvalue weighted by molar-refractivity contribution is -0.00662. The lowest BCUT2D eigenvalue weighted by Gasteiger charge is -2.45. The van der Waals surface area contributed by atoms with Crippen LogP contribution in [0.5, 0.6) is 5.75 Å². The fourth-order valence-corrected chi connectivity index (χ4v) is 4.17. The first-order chi connectivity index (χ1) is 10.2.